The van der Waals surface area contributed by atoms with Crippen LogP contribution in [0.3, 0.4) is 0 Å². The molecule has 0 aromatic carbocycles. The number of fused-ring (bicyclic) bond motifs is 1. The van der Waals surface area contributed by atoms with Gasteiger partial charge in [-0.1, -0.05) is 0 Å². The minimum atomic E-state index is -3.38. The van der Waals surface area contributed by atoms with E-state index in [-0.39, 0.29) is 35.2 Å². The second kappa shape index (κ2) is 7.82. The number of pyridine rings is 1. The second-order valence-electron chi connectivity index (χ2n) is 8.92. The number of nitrogens with zero attached hydrogens (tertiary/aromatic N) is 1. The molecule has 1 unspecified atom stereocenters. The molecule has 0 radical (unpaired) electrons. The summed E-state index contributed by atoms with van der Waals surface area (Å²) in [5.41, 5.74) is 2.87. The molecule has 1 saturated carbocycles. The molecule has 0 amide bonds. The Labute approximate surface area is 182 Å². The van der Waals surface area contributed by atoms with Crippen molar-refractivity contribution in [1.82, 2.24) is 9.88 Å². The smallest absolute Gasteiger partial charge is 0.271 e. The lowest BCUT2D eigenvalue weighted by Gasteiger charge is -2.33. The third kappa shape index (κ3) is 4.01. The van der Waals surface area contributed by atoms with E-state index in [1.54, 1.807) is 13.0 Å². The molecule has 1 aliphatic heterocycles. The molecule has 4 rings (SSSR count). The van der Waals surface area contributed by atoms with Crippen molar-refractivity contribution in [3.8, 4) is 0 Å². The number of aromatic nitrogens is 1. The number of nitrogens with one attached hydrogen (secondary N) is 2. The van der Waals surface area contributed by atoms with E-state index < -0.39 is 9.84 Å². The average Bonchev–Trinajstić information content (AvgIpc) is 3.46. The van der Waals surface area contributed by atoms with E-state index in [1.807, 2.05) is 25.3 Å². The standard InChI is InChI=1S/C23H29N3O4S/c1-13(2)26-8-7-18-19(10-17(11-20(18)26)31(29,30)16-5-6-16)21(27)12-24-22-14(3)9-15(4)25-23(22)28/h7-10,13,16,20,24H,5-6,11-12H2,1-4H3,(H,25,28). The molecule has 0 spiro atoms. The predicted molar refractivity (Wildman–Crippen MR) is 122 cm³/mol. The third-order valence-electron chi connectivity index (χ3n) is 6.17. The lowest BCUT2D eigenvalue weighted by molar-refractivity contribution is -0.113. The zero-order valence-electron chi connectivity index (χ0n) is 18.4. The van der Waals surface area contributed by atoms with E-state index in [0.29, 0.717) is 35.4 Å². The summed E-state index contributed by atoms with van der Waals surface area (Å²) in [5.74, 6) is -0.224. The minimum absolute atomic E-state index is 0.0820. The molecule has 1 fully saturated rings. The van der Waals surface area contributed by atoms with Gasteiger partial charge in [0.1, 0.15) is 5.69 Å². The number of aryl methyl sites for hydroxylation is 2. The number of Topliss-reactive ketones (excluding diaryl/α,β-unsaturated/α-hetero) is 1. The molecule has 0 saturated heterocycles. The summed E-state index contributed by atoms with van der Waals surface area (Å²) in [5, 5.41) is 2.65. The van der Waals surface area contributed by atoms with Crippen LogP contribution in [0.1, 0.15) is 44.4 Å². The molecular formula is C23H29N3O4S. The summed E-state index contributed by atoms with van der Waals surface area (Å²) in [6, 6.07) is 1.87. The minimum Gasteiger partial charge on any atom is -0.373 e. The maximum Gasteiger partial charge on any atom is 0.271 e. The Morgan fingerprint density at radius 1 is 1.29 bits per heavy atom. The van der Waals surface area contributed by atoms with Gasteiger partial charge >= 0.3 is 0 Å². The largest absolute Gasteiger partial charge is 0.373 e. The number of ketones is 1. The van der Waals surface area contributed by atoms with Crippen LogP contribution in [0.4, 0.5) is 5.69 Å². The molecule has 2 aliphatic carbocycles. The Morgan fingerprint density at radius 2 is 2.00 bits per heavy atom. The molecule has 166 valence electrons. The highest BCUT2D eigenvalue weighted by molar-refractivity contribution is 7.96. The van der Waals surface area contributed by atoms with E-state index in [1.165, 1.54) is 0 Å². The lowest BCUT2D eigenvalue weighted by atomic mass is 9.91. The van der Waals surface area contributed by atoms with Crippen molar-refractivity contribution in [3.05, 3.63) is 62.1 Å². The van der Waals surface area contributed by atoms with Crippen LogP contribution in [-0.2, 0) is 14.6 Å². The first-order chi connectivity index (χ1) is 14.6. The van der Waals surface area contributed by atoms with Crippen LogP contribution in [0.5, 0.6) is 0 Å². The van der Waals surface area contributed by atoms with Crippen LogP contribution in [-0.4, -0.2) is 48.0 Å². The summed E-state index contributed by atoms with van der Waals surface area (Å²) in [6.45, 7) is 7.64. The number of rotatable bonds is 7. The van der Waals surface area contributed by atoms with Gasteiger partial charge in [0.25, 0.3) is 5.56 Å². The number of allylic oxidation sites excluding steroid dienone is 1. The number of carbonyl (C=O) groups excluding carboxylic acids is 1. The predicted octanol–water partition coefficient (Wildman–Crippen LogP) is 2.74. The van der Waals surface area contributed by atoms with Gasteiger partial charge in [0, 0.05) is 34.8 Å². The molecule has 31 heavy (non-hydrogen) atoms. The zero-order chi connectivity index (χ0) is 22.5. The summed E-state index contributed by atoms with van der Waals surface area (Å²) in [7, 11) is -3.38. The van der Waals surface area contributed by atoms with Gasteiger partial charge in [0.05, 0.1) is 17.8 Å². The molecule has 8 heteroatoms. The van der Waals surface area contributed by atoms with Crippen molar-refractivity contribution in [3.63, 3.8) is 0 Å². The maximum absolute atomic E-state index is 13.2. The maximum atomic E-state index is 13.2. The molecule has 2 heterocycles. The first-order valence-corrected chi connectivity index (χ1v) is 12.3. The van der Waals surface area contributed by atoms with Gasteiger partial charge in [-0.2, -0.15) is 0 Å². The first kappa shape index (κ1) is 21.6. The molecule has 7 nitrogen and oxygen atoms in total. The van der Waals surface area contributed by atoms with E-state index in [2.05, 4.69) is 29.0 Å². The van der Waals surface area contributed by atoms with E-state index in [9.17, 15) is 18.0 Å². The zero-order valence-corrected chi connectivity index (χ0v) is 19.2. The highest BCUT2D eigenvalue weighted by Gasteiger charge is 2.43. The van der Waals surface area contributed by atoms with Crippen molar-refractivity contribution in [1.29, 1.82) is 0 Å². The van der Waals surface area contributed by atoms with Crippen LogP contribution in [0.25, 0.3) is 0 Å². The fraction of sp³-hybridized carbons (Fsp3) is 0.478. The van der Waals surface area contributed by atoms with Gasteiger partial charge in [-0.05, 0) is 69.9 Å². The van der Waals surface area contributed by atoms with Gasteiger partial charge in [0.15, 0.2) is 15.6 Å². The Hall–Kier alpha value is -2.61. The van der Waals surface area contributed by atoms with Crippen molar-refractivity contribution in [2.75, 3.05) is 11.9 Å². The third-order valence-corrected chi connectivity index (χ3v) is 8.54. The van der Waals surface area contributed by atoms with E-state index >= 15 is 0 Å². The molecule has 1 atom stereocenters. The second-order valence-corrected chi connectivity index (χ2v) is 11.2. The van der Waals surface area contributed by atoms with Crippen molar-refractivity contribution in [2.45, 2.75) is 64.3 Å². The van der Waals surface area contributed by atoms with Crippen molar-refractivity contribution >= 4 is 21.3 Å². The lowest BCUT2D eigenvalue weighted by Crippen LogP contribution is -2.37. The van der Waals surface area contributed by atoms with Crippen molar-refractivity contribution in [2.24, 2.45) is 0 Å². The number of aromatic amines is 1. The molecule has 1 aromatic rings. The number of anilines is 1. The summed E-state index contributed by atoms with van der Waals surface area (Å²) < 4.78 is 26.0. The topological polar surface area (TPSA) is 99.3 Å². The fourth-order valence-electron chi connectivity index (χ4n) is 4.42. The van der Waals surface area contributed by atoms with Gasteiger partial charge in [-0.15, -0.1) is 0 Å². The Morgan fingerprint density at radius 3 is 2.61 bits per heavy atom. The fourth-order valence-corrected chi connectivity index (χ4v) is 6.28. The molecular weight excluding hydrogens is 414 g/mol. The normalized spacial score (nSPS) is 20.9. The quantitative estimate of drug-likeness (QED) is 0.672. The first-order valence-electron chi connectivity index (χ1n) is 10.7. The molecule has 3 aliphatic rings. The summed E-state index contributed by atoms with van der Waals surface area (Å²) in [4.78, 5) is 30.7. The van der Waals surface area contributed by atoms with Crippen LogP contribution in [0.15, 0.2) is 45.3 Å². The van der Waals surface area contributed by atoms with Gasteiger partial charge < -0.3 is 15.2 Å². The molecule has 0 bridgehead atoms. The van der Waals surface area contributed by atoms with Gasteiger partial charge in [-0.25, -0.2) is 8.42 Å². The number of hydrogen-bond acceptors (Lipinski definition) is 6. The van der Waals surface area contributed by atoms with E-state index in [0.717, 1.165) is 16.8 Å². The van der Waals surface area contributed by atoms with Crippen LogP contribution >= 0.6 is 0 Å². The Balaban J connectivity index is 1.66. The SMILES string of the molecule is Cc1cc(C)c(NCC(=O)C2=C3C=CN(C(C)C)C3CC(S(=O)(=O)C3CC3)=C2)c(=O)[nH]1. The number of carbonyl (C=O) groups is 1. The summed E-state index contributed by atoms with van der Waals surface area (Å²) >= 11 is 0. The number of sulfone groups is 1. The number of H-pyrrole nitrogens is 1. The van der Waals surface area contributed by atoms with E-state index in [4.69, 9.17) is 0 Å². The van der Waals surface area contributed by atoms with Crippen LogP contribution in [0.2, 0.25) is 0 Å². The van der Waals surface area contributed by atoms with Gasteiger partial charge in [-0.3, -0.25) is 9.59 Å². The molecule has 2 N–H and O–H groups in total. The highest BCUT2D eigenvalue weighted by Crippen LogP contribution is 2.41. The highest BCUT2D eigenvalue weighted by atomic mass is 32.2. The van der Waals surface area contributed by atoms with Crippen LogP contribution in [0, 0.1) is 13.8 Å². The average molecular weight is 444 g/mol. The summed E-state index contributed by atoms with van der Waals surface area (Å²) in [6.07, 6.45) is 7.20. The Kier molecular flexibility index (Phi) is 5.45. The van der Waals surface area contributed by atoms with Gasteiger partial charge in [0.2, 0.25) is 0 Å². The monoisotopic (exact) mass is 443 g/mol. The van der Waals surface area contributed by atoms with Crippen LogP contribution < -0.4 is 10.9 Å². The number of hydrogen-bond donors (Lipinski definition) is 2. The van der Waals surface area contributed by atoms with Crippen molar-refractivity contribution < 1.29 is 13.2 Å². The Bertz CT molecular complexity index is 1180. The molecule has 1 aromatic heterocycles.